The minimum absolute atomic E-state index is 0.190. The maximum absolute atomic E-state index is 4.86. The molecular formula is C21H21N. The Bertz CT molecular complexity index is 883. The quantitative estimate of drug-likeness (QED) is 0.587. The second-order valence-electron chi connectivity index (χ2n) is 7.30. The molecule has 0 bridgehead atoms. The Labute approximate surface area is 132 Å². The van der Waals surface area contributed by atoms with Crippen molar-refractivity contribution in [3.63, 3.8) is 0 Å². The molecule has 0 aliphatic heterocycles. The molecule has 0 fully saturated rings. The summed E-state index contributed by atoms with van der Waals surface area (Å²) in [4.78, 5) is 4.86. The molecule has 0 amide bonds. The van der Waals surface area contributed by atoms with Gasteiger partial charge in [0.1, 0.15) is 0 Å². The number of nitrogens with zero attached hydrogens (tertiary/aromatic N) is 1. The highest BCUT2D eigenvalue weighted by molar-refractivity contribution is 6.00. The predicted molar refractivity (Wildman–Crippen MR) is 93.4 cm³/mol. The maximum Gasteiger partial charge on any atom is 0.0780 e. The van der Waals surface area contributed by atoms with Crippen molar-refractivity contribution < 1.29 is 0 Å². The van der Waals surface area contributed by atoms with Gasteiger partial charge in [-0.1, -0.05) is 49.2 Å². The molecule has 0 atom stereocenters. The average Bonchev–Trinajstić information content (AvgIpc) is 2.71. The molecule has 0 unspecified atom stereocenters. The zero-order valence-corrected chi connectivity index (χ0v) is 13.7. The SMILES string of the molecule is Cc1cc(C)cc(-c2ncc3c4c(cccc24)CC3(C)C)c1. The lowest BCUT2D eigenvalue weighted by molar-refractivity contribution is 0.545. The molecule has 0 saturated carbocycles. The van der Waals surface area contributed by atoms with Crippen molar-refractivity contribution in [2.45, 2.75) is 39.5 Å². The van der Waals surface area contributed by atoms with Crippen LogP contribution in [0.5, 0.6) is 0 Å². The summed E-state index contributed by atoms with van der Waals surface area (Å²) in [6.07, 6.45) is 3.21. The van der Waals surface area contributed by atoms with E-state index in [1.54, 1.807) is 0 Å². The van der Waals surface area contributed by atoms with Gasteiger partial charge >= 0.3 is 0 Å². The summed E-state index contributed by atoms with van der Waals surface area (Å²) in [6, 6.07) is 13.4. The van der Waals surface area contributed by atoms with Crippen LogP contribution in [0.15, 0.2) is 42.6 Å². The number of hydrogen-bond acceptors (Lipinski definition) is 1. The van der Waals surface area contributed by atoms with Gasteiger partial charge in [0.15, 0.2) is 0 Å². The summed E-state index contributed by atoms with van der Waals surface area (Å²) in [5, 5.41) is 2.72. The highest BCUT2D eigenvalue weighted by atomic mass is 14.7. The van der Waals surface area contributed by atoms with Crippen LogP contribution >= 0.6 is 0 Å². The summed E-state index contributed by atoms with van der Waals surface area (Å²) >= 11 is 0. The summed E-state index contributed by atoms with van der Waals surface area (Å²) in [5.74, 6) is 0. The highest BCUT2D eigenvalue weighted by Crippen LogP contribution is 2.44. The molecule has 0 N–H and O–H groups in total. The van der Waals surface area contributed by atoms with E-state index in [2.05, 4.69) is 70.3 Å². The fourth-order valence-corrected chi connectivity index (χ4v) is 3.95. The van der Waals surface area contributed by atoms with Crippen molar-refractivity contribution in [3.8, 4) is 11.3 Å². The van der Waals surface area contributed by atoms with Gasteiger partial charge in [-0.2, -0.15) is 0 Å². The third-order valence-corrected chi connectivity index (χ3v) is 4.85. The van der Waals surface area contributed by atoms with Crippen molar-refractivity contribution in [3.05, 3.63) is 64.8 Å². The number of aromatic nitrogens is 1. The number of rotatable bonds is 1. The fourth-order valence-electron chi connectivity index (χ4n) is 3.95. The molecule has 22 heavy (non-hydrogen) atoms. The van der Waals surface area contributed by atoms with Crippen molar-refractivity contribution in [1.82, 2.24) is 4.98 Å². The van der Waals surface area contributed by atoms with E-state index in [1.807, 2.05) is 0 Å². The second-order valence-corrected chi connectivity index (χ2v) is 7.30. The van der Waals surface area contributed by atoms with Crippen LogP contribution in [0, 0.1) is 13.8 Å². The summed E-state index contributed by atoms with van der Waals surface area (Å²) in [6.45, 7) is 8.94. The van der Waals surface area contributed by atoms with Crippen molar-refractivity contribution in [1.29, 1.82) is 0 Å². The van der Waals surface area contributed by atoms with Gasteiger partial charge in [-0.05, 0) is 54.3 Å². The van der Waals surface area contributed by atoms with Crippen LogP contribution in [0.2, 0.25) is 0 Å². The van der Waals surface area contributed by atoms with E-state index in [-0.39, 0.29) is 5.41 Å². The molecule has 110 valence electrons. The lowest BCUT2D eigenvalue weighted by Crippen LogP contribution is -2.15. The van der Waals surface area contributed by atoms with Crippen molar-refractivity contribution >= 4 is 10.8 Å². The molecule has 1 heterocycles. The Kier molecular flexibility index (Phi) is 2.72. The van der Waals surface area contributed by atoms with Gasteiger partial charge in [-0.3, -0.25) is 4.98 Å². The monoisotopic (exact) mass is 287 g/mol. The van der Waals surface area contributed by atoms with Gasteiger partial charge in [-0.25, -0.2) is 0 Å². The zero-order chi connectivity index (χ0) is 15.5. The van der Waals surface area contributed by atoms with Crippen LogP contribution in [0.3, 0.4) is 0 Å². The van der Waals surface area contributed by atoms with Crippen LogP contribution in [0.4, 0.5) is 0 Å². The topological polar surface area (TPSA) is 12.9 Å². The molecule has 1 aromatic heterocycles. The Morgan fingerprint density at radius 1 is 1.00 bits per heavy atom. The minimum atomic E-state index is 0.190. The Morgan fingerprint density at radius 3 is 2.45 bits per heavy atom. The van der Waals surface area contributed by atoms with E-state index >= 15 is 0 Å². The summed E-state index contributed by atoms with van der Waals surface area (Å²) < 4.78 is 0. The van der Waals surface area contributed by atoms with Crippen LogP contribution in [-0.4, -0.2) is 4.98 Å². The molecule has 0 spiro atoms. The van der Waals surface area contributed by atoms with E-state index in [9.17, 15) is 0 Å². The molecule has 0 radical (unpaired) electrons. The normalized spacial score (nSPS) is 15.5. The van der Waals surface area contributed by atoms with E-state index in [0.29, 0.717) is 0 Å². The molecule has 2 aromatic carbocycles. The Hall–Kier alpha value is -2.15. The first-order chi connectivity index (χ1) is 10.5. The summed E-state index contributed by atoms with van der Waals surface area (Å²) in [7, 11) is 0. The molecule has 3 aromatic rings. The average molecular weight is 287 g/mol. The first-order valence-electron chi connectivity index (χ1n) is 7.95. The lowest BCUT2D eigenvalue weighted by atomic mass is 9.86. The van der Waals surface area contributed by atoms with E-state index in [0.717, 1.165) is 12.1 Å². The second kappa shape index (κ2) is 4.42. The number of pyridine rings is 1. The zero-order valence-electron chi connectivity index (χ0n) is 13.7. The van der Waals surface area contributed by atoms with Crippen molar-refractivity contribution in [2.24, 2.45) is 0 Å². The fraction of sp³-hybridized carbons (Fsp3) is 0.286. The Balaban J connectivity index is 2.06. The third kappa shape index (κ3) is 1.89. The largest absolute Gasteiger partial charge is 0.255 e. The van der Waals surface area contributed by atoms with Gasteiger partial charge in [0.05, 0.1) is 5.69 Å². The van der Waals surface area contributed by atoms with Crippen LogP contribution in [0.25, 0.3) is 22.0 Å². The molecule has 1 aliphatic rings. The molecule has 1 heteroatoms. The van der Waals surface area contributed by atoms with Crippen LogP contribution in [0.1, 0.15) is 36.1 Å². The van der Waals surface area contributed by atoms with Crippen LogP contribution < -0.4 is 0 Å². The maximum atomic E-state index is 4.86. The minimum Gasteiger partial charge on any atom is -0.255 e. The van der Waals surface area contributed by atoms with E-state index in [4.69, 9.17) is 4.98 Å². The Morgan fingerprint density at radius 2 is 1.73 bits per heavy atom. The van der Waals surface area contributed by atoms with Gasteiger partial charge in [0.2, 0.25) is 0 Å². The van der Waals surface area contributed by atoms with E-state index < -0.39 is 0 Å². The molecular weight excluding hydrogens is 266 g/mol. The first kappa shape index (κ1) is 13.5. The summed E-state index contributed by atoms with van der Waals surface area (Å²) in [5.41, 5.74) is 7.98. The van der Waals surface area contributed by atoms with E-state index in [1.165, 1.54) is 38.6 Å². The molecule has 1 nitrogen and oxygen atoms in total. The smallest absolute Gasteiger partial charge is 0.0780 e. The standard InChI is InChI=1S/C21H21N/c1-13-8-14(2)10-16(9-13)20-17-7-5-6-15-11-21(3,4)18(12-22-20)19(15)17/h5-10,12H,11H2,1-4H3. The first-order valence-corrected chi connectivity index (χ1v) is 7.95. The van der Waals surface area contributed by atoms with Crippen LogP contribution in [-0.2, 0) is 11.8 Å². The number of hydrogen-bond donors (Lipinski definition) is 0. The van der Waals surface area contributed by atoms with Gasteiger partial charge in [-0.15, -0.1) is 0 Å². The highest BCUT2D eigenvalue weighted by Gasteiger charge is 2.32. The van der Waals surface area contributed by atoms with Gasteiger partial charge < -0.3 is 0 Å². The predicted octanol–water partition coefficient (Wildman–Crippen LogP) is 5.35. The molecule has 1 aliphatic carbocycles. The van der Waals surface area contributed by atoms with Gasteiger partial charge in [0, 0.05) is 17.1 Å². The molecule has 4 rings (SSSR count). The number of benzene rings is 2. The number of aryl methyl sites for hydroxylation is 2. The molecule has 0 saturated heterocycles. The van der Waals surface area contributed by atoms with Crippen molar-refractivity contribution in [2.75, 3.05) is 0 Å². The van der Waals surface area contributed by atoms with Gasteiger partial charge in [0.25, 0.3) is 0 Å². The third-order valence-electron chi connectivity index (χ3n) is 4.85. The lowest BCUT2D eigenvalue weighted by Gasteiger charge is -2.19.